The molecule has 0 unspecified atom stereocenters. The number of aromatic nitrogens is 2. The van der Waals surface area contributed by atoms with E-state index in [2.05, 4.69) is 15.3 Å². The van der Waals surface area contributed by atoms with Crippen molar-refractivity contribution < 1.29 is 18.7 Å². The Balaban J connectivity index is 1.74. The van der Waals surface area contributed by atoms with Crippen molar-refractivity contribution >= 4 is 32.6 Å². The van der Waals surface area contributed by atoms with Crippen molar-refractivity contribution in [2.24, 2.45) is 0 Å². The van der Waals surface area contributed by atoms with E-state index in [1.165, 1.54) is 18.4 Å². The smallest absolute Gasteiger partial charge is 0.257 e. The number of amides is 1. The summed E-state index contributed by atoms with van der Waals surface area (Å²) in [6, 6.07) is 8.86. The molecule has 27 heavy (non-hydrogen) atoms. The summed E-state index contributed by atoms with van der Waals surface area (Å²) in [7, 11) is 1.43. The first-order valence-corrected chi connectivity index (χ1v) is 9.47. The van der Waals surface area contributed by atoms with Crippen LogP contribution in [-0.4, -0.2) is 36.2 Å². The van der Waals surface area contributed by atoms with Crippen LogP contribution in [0.4, 0.5) is 9.52 Å². The molecule has 0 bridgehead atoms. The zero-order valence-electron chi connectivity index (χ0n) is 14.7. The normalized spacial score (nSPS) is 15.0. The Labute approximate surface area is 159 Å². The number of halogens is 1. The molecule has 0 spiro atoms. The number of hydrogen-bond acceptors (Lipinski definition) is 6. The Morgan fingerprint density at radius 2 is 2.00 bits per heavy atom. The highest BCUT2D eigenvalue weighted by molar-refractivity contribution is 7.22. The second-order valence-corrected chi connectivity index (χ2v) is 7.23. The number of methoxy groups -OCH3 is 1. The van der Waals surface area contributed by atoms with Gasteiger partial charge in [0.1, 0.15) is 5.52 Å². The molecule has 3 aromatic rings. The summed E-state index contributed by atoms with van der Waals surface area (Å²) in [6.07, 6.45) is 1.45. The van der Waals surface area contributed by atoms with Crippen molar-refractivity contribution in [3.63, 3.8) is 0 Å². The van der Waals surface area contributed by atoms with Crippen LogP contribution in [0.15, 0.2) is 30.3 Å². The molecule has 2 aromatic heterocycles. The van der Waals surface area contributed by atoms with Gasteiger partial charge in [-0.15, -0.1) is 0 Å². The van der Waals surface area contributed by atoms with E-state index >= 15 is 0 Å². The summed E-state index contributed by atoms with van der Waals surface area (Å²) in [5.74, 6) is -0.682. The maximum absolute atomic E-state index is 14.7. The van der Waals surface area contributed by atoms with Crippen molar-refractivity contribution in [1.29, 1.82) is 0 Å². The summed E-state index contributed by atoms with van der Waals surface area (Å²) < 4.78 is 26.0. The molecule has 1 amide bonds. The average molecular weight is 387 g/mol. The van der Waals surface area contributed by atoms with Gasteiger partial charge in [-0.2, -0.15) is 9.37 Å². The van der Waals surface area contributed by atoms with E-state index in [4.69, 9.17) is 9.47 Å². The molecule has 3 heterocycles. The second-order valence-electron chi connectivity index (χ2n) is 6.23. The zero-order chi connectivity index (χ0) is 18.8. The summed E-state index contributed by atoms with van der Waals surface area (Å²) >= 11 is 1.24. The molecule has 1 aromatic carbocycles. The predicted molar refractivity (Wildman–Crippen MR) is 101 cm³/mol. The average Bonchev–Trinajstić information content (AvgIpc) is 3.11. The van der Waals surface area contributed by atoms with Gasteiger partial charge in [-0.25, -0.2) is 4.98 Å². The quantitative estimate of drug-likeness (QED) is 0.686. The largest absolute Gasteiger partial charge is 0.479 e. The predicted octanol–water partition coefficient (Wildman–Crippen LogP) is 3.99. The lowest BCUT2D eigenvalue weighted by Crippen LogP contribution is -2.16. The Hall–Kier alpha value is -2.58. The first-order chi connectivity index (χ1) is 13.2. The van der Waals surface area contributed by atoms with Crippen LogP contribution in [0.1, 0.15) is 34.7 Å². The minimum Gasteiger partial charge on any atom is -0.479 e. The van der Waals surface area contributed by atoms with Crippen LogP contribution in [0, 0.1) is 5.95 Å². The lowest BCUT2D eigenvalue weighted by molar-refractivity contribution is 0.0847. The maximum Gasteiger partial charge on any atom is 0.257 e. The van der Waals surface area contributed by atoms with Crippen LogP contribution < -0.4 is 10.1 Å². The molecule has 1 aliphatic heterocycles. The second kappa shape index (κ2) is 7.58. The number of nitrogens with zero attached hydrogens (tertiary/aromatic N) is 2. The van der Waals surface area contributed by atoms with E-state index in [9.17, 15) is 9.18 Å². The molecule has 0 saturated carbocycles. The minimum absolute atomic E-state index is 0.0118. The fourth-order valence-corrected chi connectivity index (χ4v) is 4.30. The van der Waals surface area contributed by atoms with Gasteiger partial charge in [0.15, 0.2) is 5.13 Å². The molecule has 0 aliphatic carbocycles. The number of benzene rings is 1. The van der Waals surface area contributed by atoms with Crippen LogP contribution in [0.3, 0.4) is 0 Å². The number of carbonyl (C=O) groups excluding carboxylic acids is 1. The van der Waals surface area contributed by atoms with Crippen LogP contribution in [-0.2, 0) is 4.74 Å². The van der Waals surface area contributed by atoms with Crippen LogP contribution in [0.5, 0.6) is 5.88 Å². The van der Waals surface area contributed by atoms with E-state index in [-0.39, 0.29) is 17.7 Å². The Morgan fingerprint density at radius 3 is 2.70 bits per heavy atom. The van der Waals surface area contributed by atoms with Crippen LogP contribution in [0.25, 0.3) is 10.2 Å². The van der Waals surface area contributed by atoms with Gasteiger partial charge in [0.2, 0.25) is 11.8 Å². The Kier molecular flexibility index (Phi) is 5.00. The highest BCUT2D eigenvalue weighted by atomic mass is 32.1. The van der Waals surface area contributed by atoms with Crippen LogP contribution in [0.2, 0.25) is 0 Å². The molecule has 6 nitrogen and oxygen atoms in total. The van der Waals surface area contributed by atoms with Gasteiger partial charge >= 0.3 is 0 Å². The van der Waals surface area contributed by atoms with Gasteiger partial charge in [0, 0.05) is 24.3 Å². The number of ether oxygens (including phenoxy) is 2. The number of hydrogen-bond donors (Lipinski definition) is 1. The SMILES string of the molecule is COc1nc(F)c(C2CCOCC2)c2sc(NC(=O)c3ccccc3)nc12. The Bertz CT molecular complexity index is 971. The van der Waals surface area contributed by atoms with Crippen molar-refractivity contribution in [1.82, 2.24) is 9.97 Å². The van der Waals surface area contributed by atoms with Crippen molar-refractivity contribution in [3.05, 3.63) is 47.4 Å². The topological polar surface area (TPSA) is 73.3 Å². The van der Waals surface area contributed by atoms with Gasteiger partial charge in [0.25, 0.3) is 5.91 Å². The molecule has 0 atom stereocenters. The maximum atomic E-state index is 14.7. The van der Waals surface area contributed by atoms with E-state index < -0.39 is 5.95 Å². The third-order valence-electron chi connectivity index (χ3n) is 4.58. The van der Waals surface area contributed by atoms with E-state index in [1.54, 1.807) is 24.3 Å². The first kappa shape index (κ1) is 17.8. The lowest BCUT2D eigenvalue weighted by atomic mass is 9.92. The summed E-state index contributed by atoms with van der Waals surface area (Å²) in [6.45, 7) is 1.18. The van der Waals surface area contributed by atoms with Gasteiger partial charge < -0.3 is 9.47 Å². The summed E-state index contributed by atoms with van der Waals surface area (Å²) in [4.78, 5) is 20.8. The van der Waals surface area contributed by atoms with Gasteiger partial charge in [0.05, 0.1) is 11.8 Å². The summed E-state index contributed by atoms with van der Waals surface area (Å²) in [5, 5.41) is 3.17. The van der Waals surface area contributed by atoms with Crippen molar-refractivity contribution in [2.45, 2.75) is 18.8 Å². The van der Waals surface area contributed by atoms with E-state index in [1.807, 2.05) is 6.07 Å². The standard InChI is InChI=1S/C19H18FN3O3S/c1-25-18-14-15(13(16(20)22-18)11-7-9-26-10-8-11)27-19(21-14)23-17(24)12-5-3-2-4-6-12/h2-6,11H,7-10H2,1H3,(H,21,23,24). The molecule has 140 valence electrons. The number of carbonyl (C=O) groups is 1. The number of thiazole rings is 1. The van der Waals surface area contributed by atoms with Crippen molar-refractivity contribution in [3.8, 4) is 5.88 Å². The molecule has 1 N–H and O–H groups in total. The van der Waals surface area contributed by atoms with Gasteiger partial charge in [-0.05, 0) is 30.9 Å². The molecule has 1 aliphatic rings. The molecular formula is C19H18FN3O3S. The van der Waals surface area contributed by atoms with E-state index in [0.717, 1.165) is 12.8 Å². The zero-order valence-corrected chi connectivity index (χ0v) is 15.5. The highest BCUT2D eigenvalue weighted by Crippen LogP contribution is 2.41. The summed E-state index contributed by atoms with van der Waals surface area (Å²) in [5.41, 5.74) is 1.53. The van der Waals surface area contributed by atoms with Crippen molar-refractivity contribution in [2.75, 3.05) is 25.6 Å². The number of rotatable bonds is 4. The third kappa shape index (κ3) is 3.50. The fourth-order valence-electron chi connectivity index (χ4n) is 3.24. The molecule has 4 rings (SSSR count). The number of pyridine rings is 1. The molecule has 1 fully saturated rings. The number of nitrogens with one attached hydrogen (secondary N) is 1. The van der Waals surface area contributed by atoms with E-state index in [0.29, 0.717) is 39.7 Å². The molecule has 1 saturated heterocycles. The Morgan fingerprint density at radius 1 is 1.26 bits per heavy atom. The third-order valence-corrected chi connectivity index (χ3v) is 5.58. The number of anilines is 1. The fraction of sp³-hybridized carbons (Fsp3) is 0.316. The lowest BCUT2D eigenvalue weighted by Gasteiger charge is -2.22. The first-order valence-electron chi connectivity index (χ1n) is 8.65. The highest BCUT2D eigenvalue weighted by Gasteiger charge is 2.27. The molecule has 0 radical (unpaired) electrons. The van der Waals surface area contributed by atoms with Gasteiger partial charge in [-0.1, -0.05) is 29.5 Å². The van der Waals surface area contributed by atoms with Crippen LogP contribution >= 0.6 is 11.3 Å². The molecule has 8 heteroatoms. The molecular weight excluding hydrogens is 369 g/mol. The minimum atomic E-state index is -0.546. The number of fused-ring (bicyclic) bond motifs is 1. The monoisotopic (exact) mass is 387 g/mol. The van der Waals surface area contributed by atoms with Gasteiger partial charge in [-0.3, -0.25) is 10.1 Å².